The Bertz CT molecular complexity index is 444. The molecule has 2 rings (SSSR count). The fraction of sp³-hybridized carbons (Fsp3) is 0.273. The number of anilines is 1. The average molecular weight is 254 g/mol. The molecule has 2 heterocycles. The van der Waals surface area contributed by atoms with E-state index in [1.54, 1.807) is 17.5 Å². The van der Waals surface area contributed by atoms with E-state index in [1.165, 1.54) is 5.56 Å². The van der Waals surface area contributed by atoms with E-state index in [1.807, 2.05) is 6.07 Å². The molecule has 0 bridgehead atoms. The maximum atomic E-state index is 5.71. The third-order valence-electron chi connectivity index (χ3n) is 2.14. The molecule has 5 heteroatoms. The van der Waals surface area contributed by atoms with Crippen molar-refractivity contribution in [3.63, 3.8) is 0 Å². The maximum Gasteiger partial charge on any atom is 0.224 e. The largest absolute Gasteiger partial charge is 0.367 e. The van der Waals surface area contributed by atoms with Gasteiger partial charge >= 0.3 is 0 Å². The van der Waals surface area contributed by atoms with Crippen molar-refractivity contribution in [3.8, 4) is 0 Å². The van der Waals surface area contributed by atoms with Gasteiger partial charge in [-0.15, -0.1) is 0 Å². The number of aromatic nitrogens is 2. The van der Waals surface area contributed by atoms with Crippen molar-refractivity contribution in [2.75, 3.05) is 5.32 Å². The van der Waals surface area contributed by atoms with Gasteiger partial charge in [0.15, 0.2) is 0 Å². The summed E-state index contributed by atoms with van der Waals surface area (Å²) >= 11 is 7.43. The second kappa shape index (κ2) is 5.27. The Morgan fingerprint density at radius 1 is 1.50 bits per heavy atom. The number of halogens is 1. The van der Waals surface area contributed by atoms with Crippen LogP contribution in [0.2, 0.25) is 5.28 Å². The third-order valence-corrected chi connectivity index (χ3v) is 3.06. The molecule has 3 nitrogen and oxygen atoms in total. The molecular formula is C11H12ClN3S. The standard InChI is InChI=1S/C11H12ClN3S/c1-8(6-9-3-5-16-7-9)14-10-2-4-13-11(12)15-10/h2-5,7-8H,6H2,1H3,(H,13,14,15). The molecule has 1 N–H and O–H groups in total. The summed E-state index contributed by atoms with van der Waals surface area (Å²) in [4.78, 5) is 7.93. The van der Waals surface area contributed by atoms with Gasteiger partial charge in [0.1, 0.15) is 5.82 Å². The van der Waals surface area contributed by atoms with Crippen LogP contribution in [-0.2, 0) is 6.42 Å². The van der Waals surface area contributed by atoms with E-state index in [0.29, 0.717) is 6.04 Å². The normalized spacial score (nSPS) is 12.4. The third kappa shape index (κ3) is 3.18. The van der Waals surface area contributed by atoms with Crippen molar-refractivity contribution in [2.24, 2.45) is 0 Å². The molecule has 0 radical (unpaired) electrons. The number of hydrogen-bond acceptors (Lipinski definition) is 4. The molecule has 0 aliphatic carbocycles. The molecule has 1 unspecified atom stereocenters. The zero-order valence-electron chi connectivity index (χ0n) is 8.85. The molecule has 0 saturated heterocycles. The van der Waals surface area contributed by atoms with E-state index in [9.17, 15) is 0 Å². The van der Waals surface area contributed by atoms with Crippen molar-refractivity contribution in [2.45, 2.75) is 19.4 Å². The van der Waals surface area contributed by atoms with Gasteiger partial charge in [0.05, 0.1) is 0 Å². The van der Waals surface area contributed by atoms with Crippen LogP contribution in [0.15, 0.2) is 29.1 Å². The van der Waals surface area contributed by atoms with Crippen LogP contribution >= 0.6 is 22.9 Å². The summed E-state index contributed by atoms with van der Waals surface area (Å²) in [6, 6.07) is 4.27. The Hall–Kier alpha value is -1.13. The first-order valence-electron chi connectivity index (χ1n) is 5.00. The van der Waals surface area contributed by atoms with Crippen molar-refractivity contribution in [1.29, 1.82) is 0 Å². The SMILES string of the molecule is CC(Cc1ccsc1)Nc1ccnc(Cl)n1. The predicted molar refractivity (Wildman–Crippen MR) is 68.1 cm³/mol. The smallest absolute Gasteiger partial charge is 0.224 e. The molecule has 84 valence electrons. The van der Waals surface area contributed by atoms with Gasteiger partial charge in [-0.3, -0.25) is 0 Å². The monoisotopic (exact) mass is 253 g/mol. The van der Waals surface area contributed by atoms with Gasteiger partial charge in [0, 0.05) is 12.2 Å². The summed E-state index contributed by atoms with van der Waals surface area (Å²) in [5.41, 5.74) is 1.34. The van der Waals surface area contributed by atoms with Gasteiger partial charge in [0.25, 0.3) is 0 Å². The number of rotatable bonds is 4. The summed E-state index contributed by atoms with van der Waals surface area (Å²) in [6.45, 7) is 2.12. The van der Waals surface area contributed by atoms with E-state index < -0.39 is 0 Å². The lowest BCUT2D eigenvalue weighted by atomic mass is 10.1. The Balaban J connectivity index is 1.94. The van der Waals surface area contributed by atoms with Gasteiger partial charge in [0.2, 0.25) is 5.28 Å². The van der Waals surface area contributed by atoms with Crippen LogP contribution in [0.1, 0.15) is 12.5 Å². The lowest BCUT2D eigenvalue weighted by Gasteiger charge is -2.13. The first-order valence-corrected chi connectivity index (χ1v) is 6.32. The molecular weight excluding hydrogens is 242 g/mol. The minimum atomic E-state index is 0.271. The fourth-order valence-electron chi connectivity index (χ4n) is 1.48. The van der Waals surface area contributed by atoms with Crippen LogP contribution in [0, 0.1) is 0 Å². The zero-order valence-corrected chi connectivity index (χ0v) is 10.4. The highest BCUT2D eigenvalue weighted by molar-refractivity contribution is 7.07. The molecule has 0 aliphatic rings. The first-order chi connectivity index (χ1) is 7.74. The summed E-state index contributed by atoms with van der Waals surface area (Å²) in [5, 5.41) is 7.81. The molecule has 1 atom stereocenters. The van der Waals surface area contributed by atoms with Gasteiger partial charge < -0.3 is 5.32 Å². The highest BCUT2D eigenvalue weighted by atomic mass is 35.5. The number of hydrogen-bond donors (Lipinski definition) is 1. The molecule has 0 amide bonds. The molecule has 0 fully saturated rings. The summed E-state index contributed by atoms with van der Waals surface area (Å²) in [7, 11) is 0. The summed E-state index contributed by atoms with van der Waals surface area (Å²) < 4.78 is 0. The quantitative estimate of drug-likeness (QED) is 0.850. The lowest BCUT2D eigenvalue weighted by molar-refractivity contribution is 0.786. The minimum absolute atomic E-state index is 0.271. The van der Waals surface area contributed by atoms with Crippen molar-refractivity contribution in [3.05, 3.63) is 39.9 Å². The molecule has 2 aromatic rings. The number of nitrogens with zero attached hydrogens (tertiary/aromatic N) is 2. The molecule has 0 aliphatic heterocycles. The topological polar surface area (TPSA) is 37.8 Å². The van der Waals surface area contributed by atoms with Crippen LogP contribution in [-0.4, -0.2) is 16.0 Å². The van der Waals surface area contributed by atoms with E-state index in [0.717, 1.165) is 12.2 Å². The minimum Gasteiger partial charge on any atom is -0.367 e. The lowest BCUT2D eigenvalue weighted by Crippen LogP contribution is -2.18. The number of thiophene rings is 1. The Kier molecular flexibility index (Phi) is 3.74. The van der Waals surface area contributed by atoms with Crippen LogP contribution in [0.25, 0.3) is 0 Å². The predicted octanol–water partition coefficient (Wildman–Crippen LogP) is 3.23. The Labute approximate surface area is 104 Å². The van der Waals surface area contributed by atoms with Crippen LogP contribution in [0.5, 0.6) is 0 Å². The van der Waals surface area contributed by atoms with E-state index in [-0.39, 0.29) is 5.28 Å². The van der Waals surface area contributed by atoms with Crippen LogP contribution < -0.4 is 5.32 Å². The van der Waals surface area contributed by atoms with Gasteiger partial charge in [-0.05, 0) is 53.4 Å². The maximum absolute atomic E-state index is 5.71. The summed E-state index contributed by atoms with van der Waals surface area (Å²) in [6.07, 6.45) is 2.63. The Morgan fingerprint density at radius 2 is 2.38 bits per heavy atom. The van der Waals surface area contributed by atoms with Crippen molar-refractivity contribution in [1.82, 2.24) is 9.97 Å². The van der Waals surface area contributed by atoms with E-state index >= 15 is 0 Å². The molecule has 0 aromatic carbocycles. The van der Waals surface area contributed by atoms with Crippen LogP contribution in [0.4, 0.5) is 5.82 Å². The van der Waals surface area contributed by atoms with Gasteiger partial charge in [-0.2, -0.15) is 11.3 Å². The molecule has 0 saturated carbocycles. The van der Waals surface area contributed by atoms with Crippen molar-refractivity contribution < 1.29 is 0 Å². The first kappa shape index (κ1) is 11.4. The molecule has 2 aromatic heterocycles. The van der Waals surface area contributed by atoms with E-state index in [2.05, 4.69) is 39.0 Å². The molecule has 0 spiro atoms. The average Bonchev–Trinajstić information content (AvgIpc) is 2.70. The van der Waals surface area contributed by atoms with E-state index in [4.69, 9.17) is 11.6 Å². The summed E-state index contributed by atoms with van der Waals surface area (Å²) in [5.74, 6) is 0.766. The van der Waals surface area contributed by atoms with Crippen LogP contribution in [0.3, 0.4) is 0 Å². The van der Waals surface area contributed by atoms with Crippen molar-refractivity contribution >= 4 is 28.8 Å². The van der Waals surface area contributed by atoms with Gasteiger partial charge in [-0.1, -0.05) is 0 Å². The Morgan fingerprint density at radius 3 is 3.06 bits per heavy atom. The highest BCUT2D eigenvalue weighted by Gasteiger charge is 2.05. The molecule has 16 heavy (non-hydrogen) atoms. The highest BCUT2D eigenvalue weighted by Crippen LogP contribution is 2.12. The fourth-order valence-corrected chi connectivity index (χ4v) is 2.31. The van der Waals surface area contributed by atoms with Gasteiger partial charge in [-0.25, -0.2) is 9.97 Å². The second-order valence-electron chi connectivity index (χ2n) is 3.59. The number of nitrogens with one attached hydrogen (secondary N) is 1. The second-order valence-corrected chi connectivity index (χ2v) is 4.71. The zero-order chi connectivity index (χ0) is 11.4.